The van der Waals surface area contributed by atoms with Gasteiger partial charge in [-0.1, -0.05) is 12.1 Å². The number of nitrogens with zero attached hydrogens (tertiary/aromatic N) is 2. The molecule has 0 atom stereocenters. The van der Waals surface area contributed by atoms with Crippen LogP contribution in [0.5, 0.6) is 0 Å². The molecule has 3 aromatic rings. The van der Waals surface area contributed by atoms with Gasteiger partial charge >= 0.3 is 0 Å². The molecule has 2 aromatic carbocycles. The van der Waals surface area contributed by atoms with Gasteiger partial charge < -0.3 is 5.32 Å². The van der Waals surface area contributed by atoms with Crippen molar-refractivity contribution in [2.75, 3.05) is 5.32 Å². The number of aromatic nitrogens is 2. The van der Waals surface area contributed by atoms with Crippen LogP contribution in [0.15, 0.2) is 67.0 Å². The maximum atomic E-state index is 13.5. The van der Waals surface area contributed by atoms with Crippen LogP contribution in [-0.2, 0) is 0 Å². The van der Waals surface area contributed by atoms with Crippen molar-refractivity contribution >= 4 is 11.6 Å². The number of halogens is 1. The largest absolute Gasteiger partial charge is 0.319 e. The molecule has 0 aliphatic heterocycles. The molecule has 0 saturated carbocycles. The van der Waals surface area contributed by atoms with Crippen LogP contribution in [0.1, 0.15) is 10.4 Å². The maximum Gasteiger partial charge on any atom is 0.255 e. The molecule has 0 aliphatic rings. The Morgan fingerprint density at radius 3 is 2.48 bits per heavy atom. The van der Waals surface area contributed by atoms with Gasteiger partial charge in [-0.3, -0.25) is 4.79 Å². The fourth-order valence-electron chi connectivity index (χ4n) is 1.94. The first-order valence-corrected chi connectivity index (χ1v) is 6.40. The molecule has 1 heterocycles. The minimum atomic E-state index is -0.459. The molecule has 0 spiro atoms. The third kappa shape index (κ3) is 2.81. The molecule has 1 amide bonds. The highest BCUT2D eigenvalue weighted by atomic mass is 19.1. The van der Waals surface area contributed by atoms with Gasteiger partial charge in [-0.25, -0.2) is 9.07 Å². The summed E-state index contributed by atoms with van der Waals surface area (Å²) in [5.41, 5.74) is 1.47. The van der Waals surface area contributed by atoms with Gasteiger partial charge in [0.1, 0.15) is 5.82 Å². The van der Waals surface area contributed by atoms with Crippen LogP contribution in [0, 0.1) is 5.82 Å². The molecule has 4 nitrogen and oxygen atoms in total. The Labute approximate surface area is 120 Å². The average molecular weight is 281 g/mol. The Morgan fingerprint density at radius 2 is 1.81 bits per heavy atom. The molecule has 21 heavy (non-hydrogen) atoms. The standard InChI is InChI=1S/C16H12FN3O/c17-14-4-1-2-5-15(14)19-16(21)12-6-8-13(9-7-12)20-11-3-10-18-20/h1-11H,(H,19,21). The lowest BCUT2D eigenvalue weighted by Gasteiger charge is -2.07. The molecule has 0 aliphatic carbocycles. The quantitative estimate of drug-likeness (QED) is 0.801. The van der Waals surface area contributed by atoms with Crippen molar-refractivity contribution in [1.29, 1.82) is 0 Å². The summed E-state index contributed by atoms with van der Waals surface area (Å²) in [4.78, 5) is 12.1. The van der Waals surface area contributed by atoms with Crippen molar-refractivity contribution in [3.05, 3.63) is 78.4 Å². The van der Waals surface area contributed by atoms with Gasteiger partial charge in [-0.15, -0.1) is 0 Å². The number of rotatable bonds is 3. The fraction of sp³-hybridized carbons (Fsp3) is 0. The highest BCUT2D eigenvalue weighted by Crippen LogP contribution is 2.15. The Morgan fingerprint density at radius 1 is 1.05 bits per heavy atom. The SMILES string of the molecule is O=C(Nc1ccccc1F)c1ccc(-n2cccn2)cc1. The van der Waals surface area contributed by atoms with Gasteiger partial charge in [-0.2, -0.15) is 5.10 Å². The summed E-state index contributed by atoms with van der Waals surface area (Å²) in [6, 6.07) is 14.8. The zero-order valence-corrected chi connectivity index (χ0v) is 11.0. The summed E-state index contributed by atoms with van der Waals surface area (Å²) in [5, 5.41) is 6.65. The molecule has 0 bridgehead atoms. The van der Waals surface area contributed by atoms with Gasteiger partial charge in [0.25, 0.3) is 5.91 Å². The van der Waals surface area contributed by atoms with Gasteiger partial charge in [-0.05, 0) is 42.5 Å². The van der Waals surface area contributed by atoms with Crippen LogP contribution in [0.4, 0.5) is 10.1 Å². The number of para-hydroxylation sites is 1. The number of nitrogens with one attached hydrogen (secondary N) is 1. The van der Waals surface area contributed by atoms with Gasteiger partial charge in [0.05, 0.1) is 11.4 Å². The highest BCUT2D eigenvalue weighted by Gasteiger charge is 2.09. The second-order valence-electron chi connectivity index (χ2n) is 4.43. The van der Waals surface area contributed by atoms with E-state index in [9.17, 15) is 9.18 Å². The molecule has 0 unspecified atom stereocenters. The van der Waals surface area contributed by atoms with E-state index in [2.05, 4.69) is 10.4 Å². The van der Waals surface area contributed by atoms with E-state index in [0.29, 0.717) is 5.56 Å². The summed E-state index contributed by atoms with van der Waals surface area (Å²) in [5.74, 6) is -0.814. The van der Waals surface area contributed by atoms with Crippen LogP contribution in [0.3, 0.4) is 0 Å². The van der Waals surface area contributed by atoms with Crippen LogP contribution in [0.25, 0.3) is 5.69 Å². The van der Waals surface area contributed by atoms with Crippen molar-refractivity contribution in [1.82, 2.24) is 9.78 Å². The number of benzene rings is 2. The number of carbonyl (C=O) groups excluding carboxylic acids is 1. The molecule has 104 valence electrons. The molecule has 0 fully saturated rings. The second kappa shape index (κ2) is 5.58. The number of hydrogen-bond donors (Lipinski definition) is 1. The average Bonchev–Trinajstić information content (AvgIpc) is 3.04. The molecular weight excluding hydrogens is 269 g/mol. The molecule has 1 aromatic heterocycles. The lowest BCUT2D eigenvalue weighted by Crippen LogP contribution is -2.13. The molecule has 3 rings (SSSR count). The summed E-state index contributed by atoms with van der Waals surface area (Å²) >= 11 is 0. The van der Waals surface area contributed by atoms with E-state index < -0.39 is 5.82 Å². The Hall–Kier alpha value is -2.95. The van der Waals surface area contributed by atoms with Gasteiger partial charge in [0.2, 0.25) is 0 Å². The predicted octanol–water partition coefficient (Wildman–Crippen LogP) is 3.26. The molecule has 5 heteroatoms. The van der Waals surface area contributed by atoms with E-state index in [1.54, 1.807) is 47.3 Å². The van der Waals surface area contributed by atoms with Crippen molar-refractivity contribution in [3.8, 4) is 5.69 Å². The molecule has 0 saturated heterocycles. The van der Waals surface area contributed by atoms with E-state index >= 15 is 0 Å². The maximum absolute atomic E-state index is 13.5. The van der Waals surface area contributed by atoms with Crippen molar-refractivity contribution in [3.63, 3.8) is 0 Å². The third-order valence-corrected chi connectivity index (χ3v) is 3.02. The van der Waals surface area contributed by atoms with Crippen LogP contribution < -0.4 is 5.32 Å². The summed E-state index contributed by atoms with van der Waals surface area (Å²) in [6.07, 6.45) is 3.49. The van der Waals surface area contributed by atoms with E-state index in [0.717, 1.165) is 5.69 Å². The van der Waals surface area contributed by atoms with Gasteiger partial charge in [0.15, 0.2) is 0 Å². The predicted molar refractivity (Wildman–Crippen MR) is 77.9 cm³/mol. The van der Waals surface area contributed by atoms with E-state index in [-0.39, 0.29) is 11.6 Å². The first-order chi connectivity index (χ1) is 10.2. The van der Waals surface area contributed by atoms with Crippen molar-refractivity contribution in [2.24, 2.45) is 0 Å². The molecule has 1 N–H and O–H groups in total. The summed E-state index contributed by atoms with van der Waals surface area (Å²) in [6.45, 7) is 0. The van der Waals surface area contributed by atoms with E-state index in [4.69, 9.17) is 0 Å². The van der Waals surface area contributed by atoms with Crippen LogP contribution in [0.2, 0.25) is 0 Å². The van der Waals surface area contributed by atoms with Crippen LogP contribution in [-0.4, -0.2) is 15.7 Å². The Balaban J connectivity index is 1.78. The molecular formula is C16H12FN3O. The smallest absolute Gasteiger partial charge is 0.255 e. The number of amides is 1. The normalized spacial score (nSPS) is 10.3. The fourth-order valence-corrected chi connectivity index (χ4v) is 1.94. The minimum Gasteiger partial charge on any atom is -0.319 e. The summed E-state index contributed by atoms with van der Waals surface area (Å²) in [7, 11) is 0. The Kier molecular flexibility index (Phi) is 3.47. The summed E-state index contributed by atoms with van der Waals surface area (Å²) < 4.78 is 15.2. The second-order valence-corrected chi connectivity index (χ2v) is 4.43. The highest BCUT2D eigenvalue weighted by molar-refractivity contribution is 6.04. The number of carbonyl (C=O) groups is 1. The van der Waals surface area contributed by atoms with Crippen LogP contribution >= 0.6 is 0 Å². The van der Waals surface area contributed by atoms with E-state index in [1.807, 2.05) is 12.3 Å². The first kappa shape index (κ1) is 13.1. The minimum absolute atomic E-state index is 0.165. The zero-order chi connectivity index (χ0) is 14.7. The third-order valence-electron chi connectivity index (χ3n) is 3.02. The zero-order valence-electron chi connectivity index (χ0n) is 11.0. The van der Waals surface area contributed by atoms with Gasteiger partial charge in [0, 0.05) is 18.0 Å². The first-order valence-electron chi connectivity index (χ1n) is 6.40. The monoisotopic (exact) mass is 281 g/mol. The number of anilines is 1. The molecule has 0 radical (unpaired) electrons. The van der Waals surface area contributed by atoms with Crippen molar-refractivity contribution in [2.45, 2.75) is 0 Å². The van der Waals surface area contributed by atoms with Crippen molar-refractivity contribution < 1.29 is 9.18 Å². The Bertz CT molecular complexity index is 751. The topological polar surface area (TPSA) is 46.9 Å². The van der Waals surface area contributed by atoms with E-state index in [1.165, 1.54) is 12.1 Å². The number of hydrogen-bond acceptors (Lipinski definition) is 2. The lowest BCUT2D eigenvalue weighted by molar-refractivity contribution is 0.102. The lowest BCUT2D eigenvalue weighted by atomic mass is 10.2.